The van der Waals surface area contributed by atoms with E-state index in [4.69, 9.17) is 15.7 Å². The normalized spacial score (nSPS) is 18.1. The summed E-state index contributed by atoms with van der Waals surface area (Å²) in [6.07, 6.45) is 4.89. The molecule has 0 bridgehead atoms. The van der Waals surface area contributed by atoms with Gasteiger partial charge in [-0.2, -0.15) is 0 Å². The summed E-state index contributed by atoms with van der Waals surface area (Å²) in [5.74, 6) is 0.677. The molecule has 108 valence electrons. The van der Waals surface area contributed by atoms with Crippen LogP contribution in [0.2, 0.25) is 0 Å². The number of hydrogen-bond donors (Lipinski definition) is 2. The number of aromatic nitrogens is 1. The number of aryl methyl sites for hydroxylation is 1. The molecule has 0 spiro atoms. The van der Waals surface area contributed by atoms with Gasteiger partial charge in [-0.15, -0.1) is 0 Å². The van der Waals surface area contributed by atoms with Crippen LogP contribution in [0, 0.1) is 0 Å². The van der Waals surface area contributed by atoms with E-state index in [2.05, 4.69) is 28.3 Å². The molecule has 1 atom stereocenters. The van der Waals surface area contributed by atoms with Gasteiger partial charge < -0.3 is 15.7 Å². The second-order valence-corrected chi connectivity index (χ2v) is 5.06. The second kappa shape index (κ2) is 5.83. The molecule has 5 nitrogen and oxygen atoms in total. The molecule has 0 fully saturated rings. The van der Waals surface area contributed by atoms with E-state index < -0.39 is 0 Å². The smallest absolute Gasteiger partial charge is 0.188 e. The van der Waals surface area contributed by atoms with Crippen molar-refractivity contribution in [2.75, 3.05) is 0 Å². The number of fused-ring (bicyclic) bond motifs is 1. The van der Waals surface area contributed by atoms with E-state index in [0.717, 1.165) is 19.3 Å². The van der Waals surface area contributed by atoms with Crippen LogP contribution >= 0.6 is 0 Å². The van der Waals surface area contributed by atoms with Gasteiger partial charge in [-0.25, -0.2) is 4.98 Å². The van der Waals surface area contributed by atoms with Crippen LogP contribution in [0.25, 0.3) is 0 Å². The third-order valence-corrected chi connectivity index (χ3v) is 3.70. The Bertz CT molecular complexity index is 653. The van der Waals surface area contributed by atoms with Crippen molar-refractivity contribution in [2.45, 2.75) is 25.4 Å². The number of amidine groups is 1. The number of benzene rings is 1. The SMILES string of the molecule is N/C(=N/O)c1ccc(OC2CCCc3ccccc32)cn1. The fraction of sp³-hybridized carbons (Fsp3) is 0.250. The van der Waals surface area contributed by atoms with Crippen molar-refractivity contribution in [1.29, 1.82) is 0 Å². The van der Waals surface area contributed by atoms with Gasteiger partial charge in [-0.1, -0.05) is 29.4 Å². The molecule has 0 aliphatic heterocycles. The highest BCUT2D eigenvalue weighted by atomic mass is 16.5. The highest BCUT2D eigenvalue weighted by Gasteiger charge is 2.21. The van der Waals surface area contributed by atoms with Gasteiger partial charge in [0.05, 0.1) is 6.20 Å². The van der Waals surface area contributed by atoms with Gasteiger partial charge in [-0.05, 0) is 42.5 Å². The summed E-state index contributed by atoms with van der Waals surface area (Å²) in [4.78, 5) is 4.13. The third kappa shape index (κ3) is 2.81. The molecule has 3 N–H and O–H groups in total. The molecule has 1 aliphatic rings. The molecule has 1 aromatic carbocycles. The molecule has 1 heterocycles. The highest BCUT2D eigenvalue weighted by Crippen LogP contribution is 2.33. The number of rotatable bonds is 3. The molecular formula is C16H17N3O2. The van der Waals surface area contributed by atoms with Crippen molar-refractivity contribution in [3.8, 4) is 5.75 Å². The molecule has 1 aromatic heterocycles. The van der Waals surface area contributed by atoms with E-state index in [0.29, 0.717) is 11.4 Å². The van der Waals surface area contributed by atoms with Gasteiger partial charge in [0.2, 0.25) is 0 Å². The molecule has 3 rings (SSSR count). The first-order valence-electron chi connectivity index (χ1n) is 6.96. The Morgan fingerprint density at radius 2 is 2.14 bits per heavy atom. The van der Waals surface area contributed by atoms with Crippen LogP contribution in [0.4, 0.5) is 0 Å². The Kier molecular flexibility index (Phi) is 3.73. The molecule has 0 radical (unpaired) electrons. The van der Waals surface area contributed by atoms with Crippen molar-refractivity contribution in [3.63, 3.8) is 0 Å². The maximum atomic E-state index is 8.62. The molecule has 0 amide bonds. The largest absolute Gasteiger partial charge is 0.484 e. The van der Waals surface area contributed by atoms with Gasteiger partial charge in [0.15, 0.2) is 5.84 Å². The lowest BCUT2D eigenvalue weighted by atomic mass is 9.89. The summed E-state index contributed by atoms with van der Waals surface area (Å²) in [6.45, 7) is 0. The number of oxime groups is 1. The van der Waals surface area contributed by atoms with Crippen molar-refractivity contribution in [3.05, 3.63) is 59.4 Å². The van der Waals surface area contributed by atoms with Crippen LogP contribution in [0.1, 0.15) is 35.8 Å². The molecule has 0 saturated carbocycles. The average molecular weight is 283 g/mol. The molecule has 0 saturated heterocycles. The number of nitrogens with two attached hydrogens (primary N) is 1. The van der Waals surface area contributed by atoms with Gasteiger partial charge in [0.25, 0.3) is 0 Å². The van der Waals surface area contributed by atoms with Crippen LogP contribution in [0.15, 0.2) is 47.8 Å². The predicted octanol–water partition coefficient (Wildman–Crippen LogP) is 2.63. The van der Waals surface area contributed by atoms with Gasteiger partial charge in [0.1, 0.15) is 17.5 Å². The lowest BCUT2D eigenvalue weighted by Gasteiger charge is -2.26. The number of nitrogens with zero attached hydrogens (tertiary/aromatic N) is 2. The minimum atomic E-state index is -0.00966. The zero-order chi connectivity index (χ0) is 14.7. The van der Waals surface area contributed by atoms with E-state index in [-0.39, 0.29) is 11.9 Å². The standard InChI is InChI=1S/C16H17N3O2/c17-16(19-20)14-9-8-12(10-18-14)21-15-7-3-5-11-4-1-2-6-13(11)15/h1-2,4,6,8-10,15,20H,3,5,7H2,(H2,17,19). The zero-order valence-corrected chi connectivity index (χ0v) is 11.6. The minimum absolute atomic E-state index is 0.00966. The lowest BCUT2D eigenvalue weighted by molar-refractivity contribution is 0.183. The summed E-state index contributed by atoms with van der Waals surface area (Å²) < 4.78 is 6.04. The van der Waals surface area contributed by atoms with E-state index in [1.165, 1.54) is 11.1 Å². The van der Waals surface area contributed by atoms with Gasteiger partial charge in [-0.3, -0.25) is 0 Å². The molecule has 2 aromatic rings. The first kappa shape index (κ1) is 13.4. The summed E-state index contributed by atoms with van der Waals surface area (Å²) in [5.41, 5.74) is 8.52. The van der Waals surface area contributed by atoms with Crippen molar-refractivity contribution < 1.29 is 9.94 Å². The number of pyridine rings is 1. The van der Waals surface area contributed by atoms with Crippen LogP contribution in [0.3, 0.4) is 0 Å². The van der Waals surface area contributed by atoms with Crippen LogP contribution in [-0.2, 0) is 6.42 Å². The number of hydrogen-bond acceptors (Lipinski definition) is 4. The molecule has 21 heavy (non-hydrogen) atoms. The van der Waals surface area contributed by atoms with Crippen LogP contribution < -0.4 is 10.5 Å². The third-order valence-electron chi connectivity index (χ3n) is 3.70. The lowest BCUT2D eigenvalue weighted by Crippen LogP contribution is -2.16. The summed E-state index contributed by atoms with van der Waals surface area (Å²) in [7, 11) is 0. The Hall–Kier alpha value is -2.56. The van der Waals surface area contributed by atoms with Crippen molar-refractivity contribution in [2.24, 2.45) is 10.9 Å². The summed E-state index contributed by atoms with van der Waals surface area (Å²) in [5, 5.41) is 11.5. The Morgan fingerprint density at radius 3 is 2.90 bits per heavy atom. The van der Waals surface area contributed by atoms with Crippen molar-refractivity contribution >= 4 is 5.84 Å². The minimum Gasteiger partial charge on any atom is -0.484 e. The average Bonchev–Trinajstić information content (AvgIpc) is 2.55. The van der Waals surface area contributed by atoms with E-state index in [9.17, 15) is 0 Å². The maximum Gasteiger partial charge on any atom is 0.188 e. The van der Waals surface area contributed by atoms with Crippen molar-refractivity contribution in [1.82, 2.24) is 4.98 Å². The van der Waals surface area contributed by atoms with Gasteiger partial charge in [0, 0.05) is 0 Å². The van der Waals surface area contributed by atoms with Crippen LogP contribution in [-0.4, -0.2) is 16.0 Å². The van der Waals surface area contributed by atoms with Gasteiger partial charge >= 0.3 is 0 Å². The first-order chi connectivity index (χ1) is 10.3. The first-order valence-corrected chi connectivity index (χ1v) is 6.96. The quantitative estimate of drug-likeness (QED) is 0.393. The van der Waals surface area contributed by atoms with E-state index in [1.807, 2.05) is 6.07 Å². The molecule has 5 heteroatoms. The fourth-order valence-corrected chi connectivity index (χ4v) is 2.65. The summed E-state index contributed by atoms with van der Waals surface area (Å²) in [6, 6.07) is 11.9. The topological polar surface area (TPSA) is 80.7 Å². The summed E-state index contributed by atoms with van der Waals surface area (Å²) >= 11 is 0. The second-order valence-electron chi connectivity index (χ2n) is 5.06. The maximum absolute atomic E-state index is 8.62. The predicted molar refractivity (Wildman–Crippen MR) is 79.5 cm³/mol. The highest BCUT2D eigenvalue weighted by molar-refractivity contribution is 5.95. The fourth-order valence-electron chi connectivity index (χ4n) is 2.65. The Balaban J connectivity index is 1.79. The number of ether oxygens (including phenoxy) is 1. The monoisotopic (exact) mass is 283 g/mol. The van der Waals surface area contributed by atoms with E-state index >= 15 is 0 Å². The Labute approximate surface area is 123 Å². The molecule has 1 aliphatic carbocycles. The molecular weight excluding hydrogens is 266 g/mol. The Morgan fingerprint density at radius 1 is 1.29 bits per heavy atom. The van der Waals surface area contributed by atoms with E-state index in [1.54, 1.807) is 18.3 Å². The molecule has 1 unspecified atom stereocenters. The zero-order valence-electron chi connectivity index (χ0n) is 11.6. The van der Waals surface area contributed by atoms with Crippen LogP contribution in [0.5, 0.6) is 5.75 Å².